The van der Waals surface area contributed by atoms with Crippen LogP contribution in [0.25, 0.3) is 0 Å². The second-order valence-corrected chi connectivity index (χ2v) is 4.69. The Morgan fingerprint density at radius 2 is 2.12 bits per heavy atom. The maximum atomic E-state index is 5.86. The summed E-state index contributed by atoms with van der Waals surface area (Å²) in [6.45, 7) is 10.3. The van der Waals surface area contributed by atoms with Gasteiger partial charge >= 0.3 is 0 Å². The number of nitrogens with one attached hydrogen (secondary N) is 1. The minimum atomic E-state index is 0.834. The molecule has 3 heteroatoms. The molecule has 98 valence electrons. The Morgan fingerprint density at radius 1 is 1.35 bits per heavy atom. The van der Waals surface area contributed by atoms with E-state index in [2.05, 4.69) is 44.1 Å². The maximum absolute atomic E-state index is 5.86. The number of unbranched alkanes of at least 4 members (excludes halogenated alkanes) is 1. The van der Waals surface area contributed by atoms with Gasteiger partial charge in [0.15, 0.2) is 0 Å². The summed E-state index contributed by atoms with van der Waals surface area (Å²) >= 11 is 0. The van der Waals surface area contributed by atoms with Crippen molar-refractivity contribution in [1.82, 2.24) is 10.2 Å². The van der Waals surface area contributed by atoms with Gasteiger partial charge in [-0.25, -0.2) is 0 Å². The highest BCUT2D eigenvalue weighted by Gasteiger charge is 2.08. The molecule has 0 fully saturated rings. The van der Waals surface area contributed by atoms with Crippen molar-refractivity contribution in [2.24, 2.45) is 0 Å². The molecule has 0 unspecified atom stereocenters. The first-order valence-corrected chi connectivity index (χ1v) is 6.64. The molecular weight excluding hydrogens is 212 g/mol. The van der Waals surface area contributed by atoms with Crippen LogP contribution in [-0.2, 0) is 13.1 Å². The molecule has 0 aliphatic rings. The van der Waals surface area contributed by atoms with E-state index in [0.717, 1.165) is 37.7 Å². The van der Waals surface area contributed by atoms with Crippen LogP contribution >= 0.6 is 0 Å². The third-order valence-electron chi connectivity index (χ3n) is 2.93. The molecule has 0 amide bonds. The summed E-state index contributed by atoms with van der Waals surface area (Å²) in [6, 6.07) is 2.16. The molecule has 1 aromatic rings. The molecule has 0 radical (unpaired) electrons. The lowest BCUT2D eigenvalue weighted by Crippen LogP contribution is -2.18. The Hall–Kier alpha value is -0.800. The smallest absolute Gasteiger partial charge is 0.120 e. The van der Waals surface area contributed by atoms with Gasteiger partial charge in [-0.2, -0.15) is 0 Å². The van der Waals surface area contributed by atoms with E-state index < -0.39 is 0 Å². The Labute approximate surface area is 105 Å². The predicted octanol–water partition coefficient (Wildman–Crippen LogP) is 2.93. The summed E-state index contributed by atoms with van der Waals surface area (Å²) in [7, 11) is 2.15. The summed E-state index contributed by atoms with van der Waals surface area (Å²) in [5, 5.41) is 3.30. The highest BCUT2D eigenvalue weighted by molar-refractivity contribution is 5.19. The first-order valence-electron chi connectivity index (χ1n) is 6.64. The molecule has 1 heterocycles. The lowest BCUT2D eigenvalue weighted by Gasteiger charge is -2.13. The second kappa shape index (κ2) is 7.51. The molecule has 1 aromatic heterocycles. The van der Waals surface area contributed by atoms with E-state index in [-0.39, 0.29) is 0 Å². The van der Waals surface area contributed by atoms with E-state index in [1.54, 1.807) is 0 Å². The molecule has 0 spiro atoms. The maximum Gasteiger partial charge on any atom is 0.120 e. The summed E-state index contributed by atoms with van der Waals surface area (Å²) in [5.41, 5.74) is 1.25. The van der Waals surface area contributed by atoms with Gasteiger partial charge in [-0.3, -0.25) is 4.90 Å². The van der Waals surface area contributed by atoms with E-state index in [9.17, 15) is 0 Å². The van der Waals surface area contributed by atoms with Gasteiger partial charge in [0.25, 0.3) is 0 Å². The van der Waals surface area contributed by atoms with Crippen molar-refractivity contribution < 1.29 is 4.42 Å². The predicted molar refractivity (Wildman–Crippen MR) is 72.1 cm³/mol. The van der Waals surface area contributed by atoms with Crippen LogP contribution in [0.4, 0.5) is 0 Å². The Balaban J connectivity index is 2.48. The van der Waals surface area contributed by atoms with Crippen molar-refractivity contribution in [1.29, 1.82) is 0 Å². The van der Waals surface area contributed by atoms with E-state index in [0.29, 0.717) is 0 Å². The van der Waals surface area contributed by atoms with Gasteiger partial charge in [-0.15, -0.1) is 0 Å². The molecule has 1 N–H and O–H groups in total. The molecule has 0 saturated carbocycles. The molecule has 3 nitrogen and oxygen atoms in total. The third kappa shape index (κ3) is 4.92. The van der Waals surface area contributed by atoms with Gasteiger partial charge in [-0.1, -0.05) is 20.3 Å². The average molecular weight is 238 g/mol. The van der Waals surface area contributed by atoms with Crippen LogP contribution in [0.15, 0.2) is 10.5 Å². The van der Waals surface area contributed by atoms with Crippen LogP contribution in [0.2, 0.25) is 0 Å². The van der Waals surface area contributed by atoms with E-state index in [1.807, 2.05) is 0 Å². The molecule has 1 rings (SSSR count). The van der Waals surface area contributed by atoms with Crippen molar-refractivity contribution in [3.05, 3.63) is 23.2 Å². The number of hydrogen-bond acceptors (Lipinski definition) is 3. The van der Waals surface area contributed by atoms with Crippen LogP contribution in [0.3, 0.4) is 0 Å². The molecule has 0 aromatic carbocycles. The zero-order valence-corrected chi connectivity index (χ0v) is 11.7. The van der Waals surface area contributed by atoms with Crippen molar-refractivity contribution in [3.63, 3.8) is 0 Å². The molecular formula is C14H26N2O. The molecule has 0 bridgehead atoms. The van der Waals surface area contributed by atoms with Crippen molar-refractivity contribution >= 4 is 0 Å². The van der Waals surface area contributed by atoms with Gasteiger partial charge in [-0.05, 0) is 45.1 Å². The molecule has 17 heavy (non-hydrogen) atoms. The minimum Gasteiger partial charge on any atom is -0.463 e. The SMILES string of the molecule is CCCCN(C)Cc1cc(C)c(CNCC)o1. The van der Waals surface area contributed by atoms with Crippen LogP contribution in [0.5, 0.6) is 0 Å². The number of rotatable bonds is 8. The largest absolute Gasteiger partial charge is 0.463 e. The fourth-order valence-electron chi connectivity index (χ4n) is 1.86. The zero-order chi connectivity index (χ0) is 12.7. The minimum absolute atomic E-state index is 0.834. The summed E-state index contributed by atoms with van der Waals surface area (Å²) in [6.07, 6.45) is 2.49. The van der Waals surface area contributed by atoms with Crippen LogP contribution in [-0.4, -0.2) is 25.0 Å². The Morgan fingerprint density at radius 3 is 2.76 bits per heavy atom. The number of hydrogen-bond donors (Lipinski definition) is 1. The zero-order valence-electron chi connectivity index (χ0n) is 11.7. The van der Waals surface area contributed by atoms with Gasteiger partial charge in [0.05, 0.1) is 13.1 Å². The first kappa shape index (κ1) is 14.3. The third-order valence-corrected chi connectivity index (χ3v) is 2.93. The Bertz CT molecular complexity index is 320. The lowest BCUT2D eigenvalue weighted by molar-refractivity contribution is 0.285. The van der Waals surface area contributed by atoms with Crippen molar-refractivity contribution in [3.8, 4) is 0 Å². The van der Waals surface area contributed by atoms with E-state index >= 15 is 0 Å². The highest BCUT2D eigenvalue weighted by atomic mass is 16.3. The van der Waals surface area contributed by atoms with Crippen LogP contribution < -0.4 is 5.32 Å². The molecule has 0 aliphatic carbocycles. The Kier molecular flexibility index (Phi) is 6.30. The fourth-order valence-corrected chi connectivity index (χ4v) is 1.86. The van der Waals surface area contributed by atoms with Gasteiger partial charge in [0.1, 0.15) is 11.5 Å². The topological polar surface area (TPSA) is 28.4 Å². The molecule has 0 aliphatic heterocycles. The molecule has 0 saturated heterocycles. The summed E-state index contributed by atoms with van der Waals surface area (Å²) in [4.78, 5) is 2.32. The lowest BCUT2D eigenvalue weighted by atomic mass is 10.2. The molecule has 0 atom stereocenters. The fraction of sp³-hybridized carbons (Fsp3) is 0.714. The van der Waals surface area contributed by atoms with Crippen LogP contribution in [0.1, 0.15) is 43.8 Å². The quantitative estimate of drug-likeness (QED) is 0.755. The first-order chi connectivity index (χ1) is 8.17. The van der Waals surface area contributed by atoms with Gasteiger partial charge in [0, 0.05) is 0 Å². The normalized spacial score (nSPS) is 11.4. The van der Waals surface area contributed by atoms with E-state index in [1.165, 1.54) is 18.4 Å². The van der Waals surface area contributed by atoms with E-state index in [4.69, 9.17) is 4.42 Å². The standard InChI is InChI=1S/C14H26N2O/c1-5-7-8-16(4)11-13-9-12(3)14(17-13)10-15-6-2/h9,15H,5-8,10-11H2,1-4H3. The summed E-state index contributed by atoms with van der Waals surface area (Å²) < 4.78 is 5.86. The number of furan rings is 1. The second-order valence-electron chi connectivity index (χ2n) is 4.69. The number of nitrogens with zero attached hydrogens (tertiary/aromatic N) is 1. The average Bonchev–Trinajstić information content (AvgIpc) is 2.64. The van der Waals surface area contributed by atoms with Crippen molar-refractivity contribution in [2.45, 2.75) is 46.7 Å². The van der Waals surface area contributed by atoms with Crippen LogP contribution in [0, 0.1) is 6.92 Å². The van der Waals surface area contributed by atoms with Gasteiger partial charge in [0.2, 0.25) is 0 Å². The summed E-state index contributed by atoms with van der Waals surface area (Å²) in [5.74, 6) is 2.15. The van der Waals surface area contributed by atoms with Crippen molar-refractivity contribution in [2.75, 3.05) is 20.1 Å². The number of aryl methyl sites for hydroxylation is 1. The highest BCUT2D eigenvalue weighted by Crippen LogP contribution is 2.16. The monoisotopic (exact) mass is 238 g/mol. The van der Waals surface area contributed by atoms with Gasteiger partial charge < -0.3 is 9.73 Å².